The number of nitrogens with two attached hydrogens (primary N) is 1. The van der Waals surface area contributed by atoms with Crippen LogP contribution in [0.4, 0.5) is 0 Å². The Balaban J connectivity index is 1.73. The van der Waals surface area contributed by atoms with E-state index in [4.69, 9.17) is 0 Å². The average Bonchev–Trinajstić information content (AvgIpc) is 2.76. The molecule has 1 nitrogen and oxygen atoms in total. The zero-order chi connectivity index (χ0) is 9.97. The number of quaternary nitrogens is 1. The molecule has 2 N–H and O–H groups in total. The molecule has 2 fully saturated rings. The molecule has 0 aromatic carbocycles. The minimum absolute atomic E-state index is 0.514. The molecule has 2 atom stereocenters. The zero-order valence-corrected chi connectivity index (χ0v) is 11.4. The third-order valence-corrected chi connectivity index (χ3v) is 10.3. The maximum absolute atomic E-state index is 4.14. The predicted octanol–water partition coefficient (Wildman–Crippen LogP) is 1.81. The Morgan fingerprint density at radius 3 is 2.93 bits per heavy atom. The Labute approximate surface area is 95.1 Å². The second kappa shape index (κ2) is 4.97. The van der Waals surface area contributed by atoms with E-state index in [1.54, 1.807) is 14.4 Å². The monoisotopic (exact) mass is 308 g/mol. The quantitative estimate of drug-likeness (QED) is 0.465. The Morgan fingerprint density at radius 1 is 1.50 bits per heavy atom. The molecule has 82 valence electrons. The van der Waals surface area contributed by atoms with Crippen LogP contribution in [0, 0.1) is 5.92 Å². The fourth-order valence-corrected chi connectivity index (χ4v) is 9.79. The summed E-state index contributed by atoms with van der Waals surface area (Å²) in [6, 6.07) is 0.960. The molecule has 0 aromatic heterocycles. The van der Waals surface area contributed by atoms with Gasteiger partial charge in [-0.3, -0.25) is 0 Å². The van der Waals surface area contributed by atoms with Crippen molar-refractivity contribution in [1.82, 2.24) is 0 Å². The van der Waals surface area contributed by atoms with Crippen LogP contribution in [0.25, 0.3) is 0 Å². The van der Waals surface area contributed by atoms with Gasteiger partial charge in [0.05, 0.1) is 0 Å². The van der Waals surface area contributed by atoms with Crippen molar-refractivity contribution in [2.24, 2.45) is 5.92 Å². The van der Waals surface area contributed by atoms with Crippen molar-refractivity contribution in [2.45, 2.75) is 31.7 Å². The first-order valence-electron chi connectivity index (χ1n) is 5.81. The second-order valence-electron chi connectivity index (χ2n) is 4.82. The van der Waals surface area contributed by atoms with Crippen LogP contribution in [0.2, 0.25) is 0 Å². The van der Waals surface area contributed by atoms with E-state index in [0.29, 0.717) is 0 Å². The molecule has 2 heteroatoms. The first-order chi connectivity index (χ1) is 6.78. The average molecular weight is 308 g/mol. The van der Waals surface area contributed by atoms with Crippen molar-refractivity contribution in [1.29, 1.82) is 0 Å². The molecular formula is C12H23IN+. The summed E-state index contributed by atoms with van der Waals surface area (Å²) in [5, 5.41) is 2.43. The van der Waals surface area contributed by atoms with E-state index in [1.165, 1.54) is 30.1 Å². The number of rotatable bonds is 3. The van der Waals surface area contributed by atoms with Gasteiger partial charge in [0.15, 0.2) is 0 Å². The molecule has 2 rings (SSSR count). The van der Waals surface area contributed by atoms with Gasteiger partial charge in [-0.2, -0.15) is 0 Å². The third kappa shape index (κ3) is 2.72. The van der Waals surface area contributed by atoms with Gasteiger partial charge >= 0.3 is 95.3 Å². The number of hydrogen-bond donors (Lipinski definition) is 1. The van der Waals surface area contributed by atoms with Crippen molar-refractivity contribution in [3.8, 4) is 0 Å². The van der Waals surface area contributed by atoms with Crippen LogP contribution in [0.15, 0.2) is 12.2 Å². The molecule has 1 heterocycles. The van der Waals surface area contributed by atoms with Crippen LogP contribution < -0.4 is 5.32 Å². The van der Waals surface area contributed by atoms with Gasteiger partial charge in [-0.15, -0.1) is 0 Å². The Kier molecular flexibility index (Phi) is 3.88. The summed E-state index contributed by atoms with van der Waals surface area (Å²) in [6.07, 6.45) is 5.89. The van der Waals surface area contributed by atoms with Crippen molar-refractivity contribution in [3.05, 3.63) is 12.2 Å². The van der Waals surface area contributed by atoms with Crippen molar-refractivity contribution in [2.75, 3.05) is 20.3 Å². The normalized spacial score (nSPS) is 35.5. The molecule has 2 unspecified atom stereocenters. The molecule has 1 aliphatic heterocycles. The number of alkyl halides is 3. The van der Waals surface area contributed by atoms with E-state index in [2.05, 4.69) is 18.9 Å². The van der Waals surface area contributed by atoms with E-state index in [0.717, 1.165) is 12.0 Å². The fraction of sp³-hybridized carbons (Fsp3) is 0.833. The number of allylic oxidation sites excluding steroid dienone is 1. The molecule has 0 radical (unpaired) electrons. The van der Waals surface area contributed by atoms with E-state index in [-0.39, 0.29) is 0 Å². The van der Waals surface area contributed by atoms with Crippen molar-refractivity contribution >= 4 is 19.8 Å². The van der Waals surface area contributed by atoms with E-state index in [1.807, 2.05) is 0 Å². The summed E-state index contributed by atoms with van der Waals surface area (Å²) in [4.78, 5) is 0. The van der Waals surface area contributed by atoms with Crippen LogP contribution >= 0.6 is 19.8 Å². The summed E-state index contributed by atoms with van der Waals surface area (Å²) < 4.78 is 4.72. The van der Waals surface area contributed by atoms with Gasteiger partial charge in [0, 0.05) is 0 Å². The second-order valence-corrected chi connectivity index (χ2v) is 10.8. The number of halogens is 1. The van der Waals surface area contributed by atoms with Gasteiger partial charge in [0.1, 0.15) is 0 Å². The summed E-state index contributed by atoms with van der Waals surface area (Å²) in [5.74, 6) is 1.10. The van der Waals surface area contributed by atoms with Crippen LogP contribution in [-0.2, 0) is 0 Å². The van der Waals surface area contributed by atoms with E-state index < -0.39 is 19.8 Å². The first-order valence-corrected chi connectivity index (χ1v) is 10.4. The minimum atomic E-state index is -0.514. The molecule has 0 aromatic rings. The fourth-order valence-electron chi connectivity index (χ4n) is 2.66. The summed E-state index contributed by atoms with van der Waals surface area (Å²) >= 11 is -0.514. The van der Waals surface area contributed by atoms with Crippen LogP contribution in [0.3, 0.4) is 0 Å². The van der Waals surface area contributed by atoms with Crippen molar-refractivity contribution in [3.63, 3.8) is 0 Å². The third-order valence-electron chi connectivity index (χ3n) is 3.58. The van der Waals surface area contributed by atoms with Gasteiger partial charge in [0.25, 0.3) is 0 Å². The van der Waals surface area contributed by atoms with Crippen LogP contribution in [0.5, 0.6) is 0 Å². The summed E-state index contributed by atoms with van der Waals surface area (Å²) in [6.45, 7) is 4.14. The van der Waals surface area contributed by atoms with Crippen LogP contribution in [0.1, 0.15) is 25.7 Å². The Hall–Kier alpha value is 0.430. The van der Waals surface area contributed by atoms with Crippen molar-refractivity contribution < 1.29 is 5.32 Å². The molecule has 0 amide bonds. The molecule has 0 spiro atoms. The molecule has 14 heavy (non-hydrogen) atoms. The van der Waals surface area contributed by atoms with Gasteiger partial charge < -0.3 is 0 Å². The van der Waals surface area contributed by atoms with E-state index in [9.17, 15) is 0 Å². The predicted molar refractivity (Wildman–Crippen MR) is 71.4 cm³/mol. The SMILES string of the molecule is C=C1CCI(CC2CCC([NH2+]C)C2)C1. The van der Waals surface area contributed by atoms with Gasteiger partial charge in [-0.25, -0.2) is 0 Å². The zero-order valence-electron chi connectivity index (χ0n) is 9.27. The number of hydrogen-bond acceptors (Lipinski definition) is 0. The van der Waals surface area contributed by atoms with E-state index >= 15 is 0 Å². The van der Waals surface area contributed by atoms with Gasteiger partial charge in [-0.1, -0.05) is 0 Å². The Bertz CT molecular complexity index is 214. The maximum atomic E-state index is 4.14. The Morgan fingerprint density at radius 2 is 2.36 bits per heavy atom. The summed E-state index contributed by atoms with van der Waals surface area (Å²) in [5.41, 5.74) is 1.58. The molecule has 0 bridgehead atoms. The molecule has 2 aliphatic rings. The first kappa shape index (κ1) is 10.9. The molecular weight excluding hydrogens is 285 g/mol. The molecule has 1 saturated carbocycles. The van der Waals surface area contributed by atoms with Crippen LogP contribution in [-0.4, -0.2) is 26.4 Å². The van der Waals surface area contributed by atoms with Gasteiger partial charge in [-0.05, 0) is 0 Å². The summed E-state index contributed by atoms with van der Waals surface area (Å²) in [7, 11) is 2.24. The topological polar surface area (TPSA) is 16.6 Å². The molecule has 1 saturated heterocycles. The van der Waals surface area contributed by atoms with Gasteiger partial charge in [0.2, 0.25) is 0 Å². The standard InChI is InChI=1S/C12H22IN/c1-10-5-6-13(8-10)9-11-3-4-12(7-11)14-2/h11-12,14H,1,3-9H2,2H3/p+1. The molecule has 1 aliphatic carbocycles.